The molecule has 0 spiro atoms. The molecule has 2 aromatic heterocycles. The number of benzene rings is 1. The first-order chi connectivity index (χ1) is 13.5. The normalized spacial score (nSPS) is 16.4. The van der Waals surface area contributed by atoms with E-state index in [1.54, 1.807) is 18.3 Å². The molecule has 5 nitrogen and oxygen atoms in total. The van der Waals surface area contributed by atoms with Gasteiger partial charge in [-0.3, -0.25) is 4.79 Å². The molecule has 152 valence electrons. The number of carbonyl (C=O) groups excluding carboxylic acids is 1. The van der Waals surface area contributed by atoms with Crippen LogP contribution in [0.25, 0.3) is 11.0 Å². The molecular weight excluding hydrogens is 391 g/mol. The molecule has 3 aromatic rings. The van der Waals surface area contributed by atoms with E-state index in [0.717, 1.165) is 37.0 Å². The number of aromatic nitrogens is 2. The second-order valence-corrected chi connectivity index (χ2v) is 7.50. The van der Waals surface area contributed by atoms with Crippen molar-refractivity contribution in [2.75, 3.05) is 18.4 Å². The number of piperidine rings is 1. The first-order valence-corrected chi connectivity index (χ1v) is 9.59. The largest absolute Gasteiger partial charge is 0.354 e. The predicted molar refractivity (Wildman–Crippen MR) is 116 cm³/mol. The van der Waals surface area contributed by atoms with Gasteiger partial charge in [0.05, 0.1) is 11.3 Å². The van der Waals surface area contributed by atoms with E-state index in [9.17, 15) is 9.18 Å². The Labute approximate surface area is 175 Å². The van der Waals surface area contributed by atoms with Crippen LogP contribution >= 0.6 is 12.4 Å². The number of likely N-dealkylation sites (tertiary alicyclic amines) is 1. The second-order valence-electron chi connectivity index (χ2n) is 7.50. The summed E-state index contributed by atoms with van der Waals surface area (Å²) in [5.41, 5.74) is 3.31. The molecule has 1 N–H and O–H groups in total. The van der Waals surface area contributed by atoms with Gasteiger partial charge in [-0.2, -0.15) is 0 Å². The van der Waals surface area contributed by atoms with Crippen molar-refractivity contribution in [1.82, 2.24) is 14.9 Å². The number of anilines is 2. The highest BCUT2D eigenvalue weighted by Crippen LogP contribution is 2.30. The number of hydrogen-bond donors (Lipinski definition) is 1. The van der Waals surface area contributed by atoms with Gasteiger partial charge < -0.3 is 10.2 Å². The molecule has 1 fully saturated rings. The van der Waals surface area contributed by atoms with Gasteiger partial charge in [0, 0.05) is 36.1 Å². The fourth-order valence-corrected chi connectivity index (χ4v) is 3.69. The smallest absolute Gasteiger partial charge is 0.257 e. The Morgan fingerprint density at radius 3 is 2.69 bits per heavy atom. The summed E-state index contributed by atoms with van der Waals surface area (Å²) in [6, 6.07) is 9.91. The van der Waals surface area contributed by atoms with E-state index in [1.807, 2.05) is 24.0 Å². The molecule has 0 radical (unpaired) electrons. The van der Waals surface area contributed by atoms with E-state index in [0.29, 0.717) is 28.5 Å². The van der Waals surface area contributed by atoms with Crippen LogP contribution in [-0.4, -0.2) is 33.9 Å². The lowest BCUT2D eigenvalue weighted by molar-refractivity contribution is 0.0684. The van der Waals surface area contributed by atoms with Crippen molar-refractivity contribution in [3.63, 3.8) is 0 Å². The summed E-state index contributed by atoms with van der Waals surface area (Å²) >= 11 is 0. The zero-order valence-electron chi connectivity index (χ0n) is 16.5. The average Bonchev–Trinajstić information content (AvgIpc) is 2.69. The molecule has 4 rings (SSSR count). The van der Waals surface area contributed by atoms with Crippen LogP contribution in [0.5, 0.6) is 0 Å². The standard InChI is InChI=1S/C22H23FN4O.ClH/c1-14-4-3-11-27(13-14)22(28)19-12-24-21-18(10-5-15(2)25-21)20(19)26-17-8-6-16(23)7-9-17;/h5-10,12,14H,3-4,11,13H2,1-2H3,(H,24,25,26);1H. The molecule has 1 amide bonds. The van der Waals surface area contributed by atoms with Gasteiger partial charge in [0.1, 0.15) is 5.82 Å². The van der Waals surface area contributed by atoms with Crippen molar-refractivity contribution in [1.29, 1.82) is 0 Å². The van der Waals surface area contributed by atoms with Crippen LogP contribution in [0, 0.1) is 18.7 Å². The zero-order valence-corrected chi connectivity index (χ0v) is 17.3. The Balaban J connectivity index is 0.00000240. The first-order valence-electron chi connectivity index (χ1n) is 9.59. The highest BCUT2D eigenvalue weighted by Gasteiger charge is 2.25. The van der Waals surface area contributed by atoms with Crippen LogP contribution in [0.2, 0.25) is 0 Å². The summed E-state index contributed by atoms with van der Waals surface area (Å²) in [6.07, 6.45) is 3.75. The number of hydrogen-bond acceptors (Lipinski definition) is 4. The lowest BCUT2D eigenvalue weighted by atomic mass is 9.99. The lowest BCUT2D eigenvalue weighted by Gasteiger charge is -2.31. The minimum absolute atomic E-state index is 0. The highest BCUT2D eigenvalue weighted by molar-refractivity contribution is 6.07. The summed E-state index contributed by atoms with van der Waals surface area (Å²) in [5, 5.41) is 4.07. The molecular formula is C22H24ClFN4O. The topological polar surface area (TPSA) is 58.1 Å². The maximum atomic E-state index is 13.3. The van der Waals surface area contributed by atoms with Gasteiger partial charge in [-0.1, -0.05) is 6.92 Å². The number of halogens is 2. The van der Waals surface area contributed by atoms with Gasteiger partial charge in [0.15, 0.2) is 5.65 Å². The molecule has 1 aromatic carbocycles. The summed E-state index contributed by atoms with van der Waals surface area (Å²) < 4.78 is 13.3. The van der Waals surface area contributed by atoms with E-state index in [4.69, 9.17) is 0 Å². The molecule has 1 atom stereocenters. The molecule has 7 heteroatoms. The molecule has 0 aliphatic carbocycles. The van der Waals surface area contributed by atoms with E-state index in [-0.39, 0.29) is 24.1 Å². The molecule has 1 aliphatic heterocycles. The molecule has 1 unspecified atom stereocenters. The predicted octanol–water partition coefficient (Wildman–Crippen LogP) is 5.11. The number of rotatable bonds is 3. The van der Waals surface area contributed by atoms with E-state index < -0.39 is 0 Å². The number of nitrogens with one attached hydrogen (secondary N) is 1. The second kappa shape index (κ2) is 8.74. The Morgan fingerprint density at radius 2 is 1.97 bits per heavy atom. The zero-order chi connectivity index (χ0) is 19.7. The summed E-state index contributed by atoms with van der Waals surface area (Å²) in [7, 11) is 0. The number of aryl methyl sites for hydroxylation is 1. The summed E-state index contributed by atoms with van der Waals surface area (Å²) in [5.74, 6) is 0.149. The van der Waals surface area contributed by atoms with Crippen LogP contribution in [-0.2, 0) is 0 Å². The van der Waals surface area contributed by atoms with Crippen molar-refractivity contribution >= 4 is 40.7 Å². The fraction of sp³-hybridized carbons (Fsp3) is 0.318. The Morgan fingerprint density at radius 1 is 1.21 bits per heavy atom. The lowest BCUT2D eigenvalue weighted by Crippen LogP contribution is -2.39. The van der Waals surface area contributed by atoms with Crippen LogP contribution in [0.15, 0.2) is 42.6 Å². The van der Waals surface area contributed by atoms with Gasteiger partial charge in [-0.25, -0.2) is 14.4 Å². The van der Waals surface area contributed by atoms with Crippen LogP contribution in [0.3, 0.4) is 0 Å². The van der Waals surface area contributed by atoms with Gasteiger partial charge >= 0.3 is 0 Å². The number of pyridine rings is 2. The number of amides is 1. The SMILES string of the molecule is Cc1ccc2c(Nc3ccc(F)cc3)c(C(=O)N3CCCC(C)C3)cnc2n1.Cl. The molecule has 1 aliphatic rings. The van der Waals surface area contributed by atoms with E-state index in [2.05, 4.69) is 22.2 Å². The van der Waals surface area contributed by atoms with Gasteiger partial charge in [-0.15, -0.1) is 12.4 Å². The third-order valence-electron chi connectivity index (χ3n) is 5.16. The van der Waals surface area contributed by atoms with Gasteiger partial charge in [0.2, 0.25) is 0 Å². The Hall–Kier alpha value is -2.73. The Kier molecular flexibility index (Phi) is 6.33. The van der Waals surface area contributed by atoms with Gasteiger partial charge in [-0.05, 0) is 62.1 Å². The van der Waals surface area contributed by atoms with Gasteiger partial charge in [0.25, 0.3) is 5.91 Å². The number of nitrogens with zero attached hydrogens (tertiary/aromatic N) is 3. The summed E-state index contributed by atoms with van der Waals surface area (Å²) in [4.78, 5) is 24.1. The van der Waals surface area contributed by atoms with Crippen LogP contribution in [0.1, 0.15) is 35.8 Å². The van der Waals surface area contributed by atoms with E-state index in [1.165, 1.54) is 12.1 Å². The maximum absolute atomic E-state index is 13.3. The monoisotopic (exact) mass is 414 g/mol. The molecule has 29 heavy (non-hydrogen) atoms. The molecule has 0 saturated carbocycles. The number of fused-ring (bicyclic) bond motifs is 1. The third kappa shape index (κ3) is 4.48. The van der Waals surface area contributed by atoms with Crippen molar-refractivity contribution in [2.45, 2.75) is 26.7 Å². The van der Waals surface area contributed by atoms with Crippen molar-refractivity contribution in [3.05, 3.63) is 59.7 Å². The minimum atomic E-state index is -0.305. The summed E-state index contributed by atoms with van der Waals surface area (Å²) in [6.45, 7) is 5.58. The Bertz CT molecular complexity index is 1030. The minimum Gasteiger partial charge on any atom is -0.354 e. The molecule has 1 saturated heterocycles. The number of carbonyl (C=O) groups is 1. The van der Waals surface area contributed by atoms with Crippen LogP contribution < -0.4 is 5.32 Å². The molecule has 3 heterocycles. The van der Waals surface area contributed by atoms with Crippen molar-refractivity contribution < 1.29 is 9.18 Å². The highest BCUT2D eigenvalue weighted by atomic mass is 35.5. The van der Waals surface area contributed by atoms with Crippen LogP contribution in [0.4, 0.5) is 15.8 Å². The van der Waals surface area contributed by atoms with Crippen molar-refractivity contribution in [3.8, 4) is 0 Å². The average molecular weight is 415 g/mol. The first kappa shape index (κ1) is 21.0. The van der Waals surface area contributed by atoms with Crippen molar-refractivity contribution in [2.24, 2.45) is 5.92 Å². The third-order valence-corrected chi connectivity index (χ3v) is 5.16. The van der Waals surface area contributed by atoms with E-state index >= 15 is 0 Å². The quantitative estimate of drug-likeness (QED) is 0.646. The molecule has 0 bridgehead atoms. The maximum Gasteiger partial charge on any atom is 0.257 e. The fourth-order valence-electron chi connectivity index (χ4n) is 3.69.